The Labute approximate surface area is 126 Å². The third kappa shape index (κ3) is 6.11. The smallest absolute Gasteiger partial charge is 0.323 e. The van der Waals surface area contributed by atoms with Crippen LogP contribution in [0.2, 0.25) is 0 Å². The minimum Gasteiger partial charge on any atom is -0.465 e. The van der Waals surface area contributed by atoms with Gasteiger partial charge in [0.1, 0.15) is 6.04 Å². The van der Waals surface area contributed by atoms with Gasteiger partial charge in [0.15, 0.2) is 8.68 Å². The molecular weight excluding hydrogens is 302 g/mol. The number of carbonyl (C=O) groups is 1. The van der Waals surface area contributed by atoms with E-state index >= 15 is 0 Å². The van der Waals surface area contributed by atoms with E-state index in [2.05, 4.69) is 22.4 Å². The van der Waals surface area contributed by atoms with Gasteiger partial charge in [-0.15, -0.1) is 10.2 Å². The maximum absolute atomic E-state index is 11.8. The predicted molar refractivity (Wildman–Crippen MR) is 81.1 cm³/mol. The fraction of sp³-hybridized carbons (Fsp3) is 0.727. The highest BCUT2D eigenvalue weighted by Gasteiger charge is 2.20. The summed E-state index contributed by atoms with van der Waals surface area (Å²) in [5.74, 6) is 0.417. The SMILES string of the molecule is CCCNC(CSc1nnc(SC)s1)C(=O)OCC. The third-order valence-corrected chi connectivity index (χ3v) is 5.27. The summed E-state index contributed by atoms with van der Waals surface area (Å²) in [6.45, 7) is 5.09. The molecule has 5 nitrogen and oxygen atoms in total. The zero-order valence-electron chi connectivity index (χ0n) is 11.3. The molecule has 0 saturated carbocycles. The topological polar surface area (TPSA) is 64.1 Å². The zero-order valence-corrected chi connectivity index (χ0v) is 13.8. The van der Waals surface area contributed by atoms with Gasteiger partial charge in [0, 0.05) is 5.75 Å². The second-order valence-corrected chi connectivity index (χ2v) is 6.91. The van der Waals surface area contributed by atoms with Crippen molar-refractivity contribution in [1.82, 2.24) is 15.5 Å². The van der Waals surface area contributed by atoms with E-state index in [-0.39, 0.29) is 12.0 Å². The zero-order chi connectivity index (χ0) is 14.1. The summed E-state index contributed by atoms with van der Waals surface area (Å²) in [6.07, 6.45) is 2.95. The number of ether oxygens (including phenoxy) is 1. The summed E-state index contributed by atoms with van der Waals surface area (Å²) in [6, 6.07) is -0.286. The van der Waals surface area contributed by atoms with E-state index in [1.807, 2.05) is 13.2 Å². The van der Waals surface area contributed by atoms with Crippen LogP contribution in [0.3, 0.4) is 0 Å². The largest absolute Gasteiger partial charge is 0.465 e. The Morgan fingerprint density at radius 1 is 1.42 bits per heavy atom. The molecular formula is C11H19N3O2S3. The van der Waals surface area contributed by atoms with E-state index in [9.17, 15) is 4.79 Å². The molecule has 1 unspecified atom stereocenters. The molecule has 1 atom stereocenters. The second-order valence-electron chi connectivity index (χ2n) is 3.61. The number of nitrogens with zero attached hydrogens (tertiary/aromatic N) is 2. The molecule has 1 aromatic heterocycles. The first-order valence-corrected chi connectivity index (χ1v) is 9.14. The minimum absolute atomic E-state index is 0.196. The van der Waals surface area contributed by atoms with E-state index in [1.54, 1.807) is 23.1 Å². The van der Waals surface area contributed by atoms with Crippen LogP contribution in [-0.2, 0) is 9.53 Å². The number of rotatable bonds is 9. The summed E-state index contributed by atoms with van der Waals surface area (Å²) >= 11 is 4.66. The van der Waals surface area contributed by atoms with Crippen molar-refractivity contribution in [2.45, 2.75) is 35.0 Å². The fourth-order valence-corrected chi connectivity index (χ4v) is 3.77. The van der Waals surface area contributed by atoms with Crippen LogP contribution in [-0.4, -0.2) is 47.4 Å². The van der Waals surface area contributed by atoms with E-state index < -0.39 is 0 Å². The number of hydrogen-bond donors (Lipinski definition) is 1. The normalized spacial score (nSPS) is 12.4. The van der Waals surface area contributed by atoms with Crippen molar-refractivity contribution in [3.05, 3.63) is 0 Å². The van der Waals surface area contributed by atoms with Crippen LogP contribution in [0.25, 0.3) is 0 Å². The van der Waals surface area contributed by atoms with Crippen molar-refractivity contribution in [3.8, 4) is 0 Å². The molecule has 19 heavy (non-hydrogen) atoms. The lowest BCUT2D eigenvalue weighted by Crippen LogP contribution is -2.40. The molecule has 0 saturated heterocycles. The van der Waals surface area contributed by atoms with Gasteiger partial charge in [-0.1, -0.05) is 41.8 Å². The monoisotopic (exact) mass is 321 g/mol. The molecule has 1 rings (SSSR count). The summed E-state index contributed by atoms with van der Waals surface area (Å²) in [5.41, 5.74) is 0. The van der Waals surface area contributed by atoms with E-state index in [0.717, 1.165) is 21.6 Å². The quantitative estimate of drug-likeness (QED) is 0.553. The van der Waals surface area contributed by atoms with Crippen molar-refractivity contribution >= 4 is 40.8 Å². The molecule has 0 fully saturated rings. The van der Waals surface area contributed by atoms with E-state index in [4.69, 9.17) is 4.74 Å². The van der Waals surface area contributed by atoms with Crippen molar-refractivity contribution in [1.29, 1.82) is 0 Å². The van der Waals surface area contributed by atoms with Crippen molar-refractivity contribution in [3.63, 3.8) is 0 Å². The molecule has 0 radical (unpaired) electrons. The molecule has 0 amide bonds. The van der Waals surface area contributed by atoms with Gasteiger partial charge in [-0.05, 0) is 26.1 Å². The number of thioether (sulfide) groups is 2. The first-order chi connectivity index (χ1) is 9.21. The molecule has 0 bridgehead atoms. The number of hydrogen-bond acceptors (Lipinski definition) is 8. The van der Waals surface area contributed by atoms with Crippen LogP contribution in [0.4, 0.5) is 0 Å². The Balaban J connectivity index is 2.49. The van der Waals surface area contributed by atoms with Crippen LogP contribution in [0.15, 0.2) is 8.68 Å². The number of carbonyl (C=O) groups excluding carboxylic acids is 1. The first kappa shape index (κ1) is 16.7. The predicted octanol–water partition coefficient (Wildman–Crippen LogP) is 2.28. The second kappa shape index (κ2) is 9.57. The van der Waals surface area contributed by atoms with Gasteiger partial charge in [0.2, 0.25) is 0 Å². The lowest BCUT2D eigenvalue weighted by molar-refractivity contribution is -0.144. The standard InChI is InChI=1S/C11H19N3O2S3/c1-4-6-12-8(9(15)16-5-2)7-18-11-14-13-10(17-3)19-11/h8,12H,4-7H2,1-3H3. The van der Waals surface area contributed by atoms with Crippen LogP contribution < -0.4 is 5.32 Å². The van der Waals surface area contributed by atoms with Gasteiger partial charge in [0.25, 0.3) is 0 Å². The number of nitrogens with one attached hydrogen (secondary N) is 1. The Morgan fingerprint density at radius 3 is 2.74 bits per heavy atom. The van der Waals surface area contributed by atoms with Gasteiger partial charge >= 0.3 is 5.97 Å². The maximum atomic E-state index is 11.8. The Bertz CT molecular complexity index is 387. The van der Waals surface area contributed by atoms with Crippen LogP contribution in [0.1, 0.15) is 20.3 Å². The molecule has 108 valence electrons. The van der Waals surface area contributed by atoms with Gasteiger partial charge in [-0.3, -0.25) is 4.79 Å². The summed E-state index contributed by atoms with van der Waals surface area (Å²) < 4.78 is 6.89. The molecule has 0 aliphatic rings. The molecule has 0 aromatic carbocycles. The Hall–Kier alpha value is -0.310. The molecule has 0 aliphatic carbocycles. The fourth-order valence-electron chi connectivity index (χ4n) is 1.26. The minimum atomic E-state index is -0.286. The maximum Gasteiger partial charge on any atom is 0.323 e. The number of aromatic nitrogens is 2. The first-order valence-electron chi connectivity index (χ1n) is 6.11. The lowest BCUT2D eigenvalue weighted by atomic mass is 10.3. The molecule has 1 heterocycles. The summed E-state index contributed by atoms with van der Waals surface area (Å²) in [7, 11) is 0. The summed E-state index contributed by atoms with van der Waals surface area (Å²) in [5, 5.41) is 11.3. The van der Waals surface area contributed by atoms with Crippen LogP contribution >= 0.6 is 34.9 Å². The van der Waals surface area contributed by atoms with Crippen LogP contribution in [0.5, 0.6) is 0 Å². The van der Waals surface area contributed by atoms with Gasteiger partial charge in [-0.2, -0.15) is 0 Å². The van der Waals surface area contributed by atoms with Crippen LogP contribution in [0, 0.1) is 0 Å². The van der Waals surface area contributed by atoms with E-state index in [0.29, 0.717) is 12.4 Å². The average molecular weight is 321 g/mol. The van der Waals surface area contributed by atoms with Gasteiger partial charge in [0.05, 0.1) is 6.61 Å². The average Bonchev–Trinajstić information content (AvgIpc) is 2.87. The Morgan fingerprint density at radius 2 is 2.16 bits per heavy atom. The molecule has 0 spiro atoms. The van der Waals surface area contributed by atoms with Crippen molar-refractivity contribution < 1.29 is 9.53 Å². The van der Waals surface area contributed by atoms with Gasteiger partial charge < -0.3 is 10.1 Å². The number of esters is 1. The Kier molecular flexibility index (Phi) is 8.43. The third-order valence-electron chi connectivity index (χ3n) is 2.15. The highest BCUT2D eigenvalue weighted by Crippen LogP contribution is 2.27. The molecule has 1 N–H and O–H groups in total. The van der Waals surface area contributed by atoms with Crippen molar-refractivity contribution in [2.75, 3.05) is 25.2 Å². The lowest BCUT2D eigenvalue weighted by Gasteiger charge is -2.15. The van der Waals surface area contributed by atoms with Crippen molar-refractivity contribution in [2.24, 2.45) is 0 Å². The summed E-state index contributed by atoms with van der Waals surface area (Å²) in [4.78, 5) is 11.8. The molecule has 1 aromatic rings. The van der Waals surface area contributed by atoms with Gasteiger partial charge in [-0.25, -0.2) is 0 Å². The highest BCUT2D eigenvalue weighted by atomic mass is 32.2. The molecule has 8 heteroatoms. The highest BCUT2D eigenvalue weighted by molar-refractivity contribution is 8.03. The van der Waals surface area contributed by atoms with E-state index in [1.165, 1.54) is 11.8 Å². The molecule has 0 aliphatic heterocycles.